The van der Waals surface area contributed by atoms with Crippen molar-refractivity contribution in [1.82, 2.24) is 0 Å². The van der Waals surface area contributed by atoms with Gasteiger partial charge in [-0.25, -0.2) is 13.6 Å². The summed E-state index contributed by atoms with van der Waals surface area (Å²) in [6.07, 6.45) is 0.969. The molecule has 0 radical (unpaired) electrons. The molecule has 1 fully saturated rings. The van der Waals surface area contributed by atoms with Gasteiger partial charge >= 0.3 is 5.97 Å². The van der Waals surface area contributed by atoms with E-state index in [4.69, 9.17) is 4.74 Å². The van der Waals surface area contributed by atoms with Crippen LogP contribution in [-0.2, 0) is 0 Å². The third-order valence-corrected chi connectivity index (χ3v) is 6.46. The van der Waals surface area contributed by atoms with Gasteiger partial charge in [-0.15, -0.1) is 0 Å². The highest BCUT2D eigenvalue weighted by Gasteiger charge is 2.35. The molecule has 0 amide bonds. The normalized spacial score (nSPS) is 15.5. The van der Waals surface area contributed by atoms with Gasteiger partial charge in [0.25, 0.3) is 0 Å². The zero-order valence-electron chi connectivity index (χ0n) is 19.2. The lowest BCUT2D eigenvalue weighted by atomic mass is 9.82. The number of halogens is 2. The first-order chi connectivity index (χ1) is 16.3. The molecule has 34 heavy (non-hydrogen) atoms. The van der Waals surface area contributed by atoms with Crippen LogP contribution in [0.4, 0.5) is 31.5 Å². The zero-order valence-corrected chi connectivity index (χ0v) is 19.2. The Labute approximate surface area is 198 Å². The topological polar surface area (TPSA) is 61.8 Å². The van der Waals surface area contributed by atoms with E-state index in [-0.39, 0.29) is 24.3 Å². The summed E-state index contributed by atoms with van der Waals surface area (Å²) >= 11 is 0. The van der Waals surface area contributed by atoms with Crippen LogP contribution >= 0.6 is 0 Å². The highest BCUT2D eigenvalue weighted by atomic mass is 19.3. The number of carboxylic acid groups (broad SMARTS) is 1. The van der Waals surface area contributed by atoms with E-state index in [1.165, 1.54) is 13.2 Å². The number of anilines is 4. The minimum absolute atomic E-state index is 0.0375. The lowest BCUT2D eigenvalue weighted by Gasteiger charge is -2.29. The Kier molecular flexibility index (Phi) is 6.72. The average molecular weight is 467 g/mol. The van der Waals surface area contributed by atoms with Gasteiger partial charge in [0.2, 0.25) is 5.92 Å². The second-order valence-electron chi connectivity index (χ2n) is 8.67. The molecule has 0 spiro atoms. The van der Waals surface area contributed by atoms with E-state index < -0.39 is 11.9 Å². The summed E-state index contributed by atoms with van der Waals surface area (Å²) < 4.78 is 32.0. The predicted molar refractivity (Wildman–Crippen MR) is 130 cm³/mol. The average Bonchev–Trinajstić information content (AvgIpc) is 2.84. The second-order valence-corrected chi connectivity index (χ2v) is 8.67. The number of methoxy groups -OCH3 is 1. The molecule has 0 unspecified atom stereocenters. The van der Waals surface area contributed by atoms with Gasteiger partial charge in [-0.3, -0.25) is 0 Å². The van der Waals surface area contributed by atoms with Crippen molar-refractivity contribution < 1.29 is 23.4 Å². The predicted octanol–water partition coefficient (Wildman–Crippen LogP) is 7.20. The summed E-state index contributed by atoms with van der Waals surface area (Å²) in [7, 11) is 3.46. The molecule has 0 aromatic heterocycles. The number of carboxylic acids is 1. The summed E-state index contributed by atoms with van der Waals surface area (Å²) in [5, 5.41) is 12.6. The third kappa shape index (κ3) is 5.30. The van der Waals surface area contributed by atoms with E-state index in [0.717, 1.165) is 22.6 Å². The standard InChI is InChI=1S/C27H28F2N2O3/c1-31(21-7-3-18(4-8-21)19-13-15-27(28,29)16-14-19)22-9-5-20(6-10-22)30-25-12-11-23(34-2)17-24(25)26(32)33/h3-12,17,19,30H,13-16H2,1-2H3,(H,32,33). The fourth-order valence-corrected chi connectivity index (χ4v) is 4.35. The maximum Gasteiger partial charge on any atom is 0.337 e. The van der Waals surface area contributed by atoms with Crippen molar-refractivity contribution in [2.24, 2.45) is 0 Å². The number of carbonyl (C=O) groups is 1. The van der Waals surface area contributed by atoms with E-state index in [9.17, 15) is 18.7 Å². The minimum atomic E-state index is -2.51. The summed E-state index contributed by atoms with van der Waals surface area (Å²) in [4.78, 5) is 13.6. The van der Waals surface area contributed by atoms with Crippen molar-refractivity contribution in [3.8, 4) is 5.75 Å². The van der Waals surface area contributed by atoms with Gasteiger partial charge in [-0.2, -0.15) is 0 Å². The molecule has 3 aromatic rings. The summed E-state index contributed by atoms with van der Waals surface area (Å²) in [6.45, 7) is 0. The third-order valence-electron chi connectivity index (χ3n) is 6.46. The van der Waals surface area contributed by atoms with Gasteiger partial charge in [0.15, 0.2) is 0 Å². The maximum absolute atomic E-state index is 13.4. The Balaban J connectivity index is 1.43. The van der Waals surface area contributed by atoms with Crippen LogP contribution in [-0.4, -0.2) is 31.2 Å². The first-order valence-corrected chi connectivity index (χ1v) is 11.3. The molecule has 178 valence electrons. The molecule has 7 heteroatoms. The van der Waals surface area contributed by atoms with Gasteiger partial charge in [-0.05, 0) is 78.9 Å². The fraction of sp³-hybridized carbons (Fsp3) is 0.296. The summed E-state index contributed by atoms with van der Waals surface area (Å²) in [5.74, 6) is -2.88. The van der Waals surface area contributed by atoms with Crippen LogP contribution in [0.3, 0.4) is 0 Å². The van der Waals surface area contributed by atoms with Crippen molar-refractivity contribution in [3.05, 3.63) is 77.9 Å². The smallest absolute Gasteiger partial charge is 0.337 e. The molecule has 0 aliphatic heterocycles. The van der Waals surface area contributed by atoms with Gasteiger partial charge in [0, 0.05) is 37.0 Å². The number of benzene rings is 3. The number of rotatable bonds is 7. The summed E-state index contributed by atoms with van der Waals surface area (Å²) in [6, 6.07) is 20.6. The van der Waals surface area contributed by atoms with E-state index in [2.05, 4.69) is 5.32 Å². The van der Waals surface area contributed by atoms with Crippen LogP contribution in [0.15, 0.2) is 66.7 Å². The van der Waals surface area contributed by atoms with E-state index in [0.29, 0.717) is 24.3 Å². The van der Waals surface area contributed by atoms with Crippen LogP contribution in [0.25, 0.3) is 0 Å². The van der Waals surface area contributed by atoms with Gasteiger partial charge in [-0.1, -0.05) is 12.1 Å². The molecule has 1 aliphatic rings. The van der Waals surface area contributed by atoms with Crippen molar-refractivity contribution in [2.45, 2.75) is 37.5 Å². The molecule has 2 N–H and O–H groups in total. The first-order valence-electron chi connectivity index (χ1n) is 11.3. The highest BCUT2D eigenvalue weighted by molar-refractivity contribution is 5.95. The maximum atomic E-state index is 13.4. The molecular weight excluding hydrogens is 438 g/mol. The van der Waals surface area contributed by atoms with Gasteiger partial charge in [0.05, 0.1) is 18.4 Å². The number of alkyl halides is 2. The van der Waals surface area contributed by atoms with Crippen LogP contribution in [0.5, 0.6) is 5.75 Å². The first kappa shape index (κ1) is 23.5. The number of hydrogen-bond donors (Lipinski definition) is 2. The van der Waals surface area contributed by atoms with Gasteiger partial charge in [0.1, 0.15) is 5.75 Å². The van der Waals surface area contributed by atoms with Gasteiger partial charge < -0.3 is 20.1 Å². The Morgan fingerprint density at radius 3 is 2.15 bits per heavy atom. The Morgan fingerprint density at radius 1 is 1.00 bits per heavy atom. The molecule has 1 aliphatic carbocycles. The fourth-order valence-electron chi connectivity index (χ4n) is 4.35. The van der Waals surface area contributed by atoms with Crippen molar-refractivity contribution in [1.29, 1.82) is 0 Å². The molecule has 0 saturated heterocycles. The van der Waals surface area contributed by atoms with E-state index in [1.807, 2.05) is 60.5 Å². The molecule has 0 atom stereocenters. The molecule has 0 heterocycles. The number of ether oxygens (including phenoxy) is 1. The second kappa shape index (κ2) is 9.71. The molecule has 1 saturated carbocycles. The number of nitrogens with zero attached hydrogens (tertiary/aromatic N) is 1. The monoisotopic (exact) mass is 466 g/mol. The van der Waals surface area contributed by atoms with Crippen LogP contribution in [0.2, 0.25) is 0 Å². The Morgan fingerprint density at radius 2 is 1.59 bits per heavy atom. The quantitative estimate of drug-likeness (QED) is 0.386. The number of nitrogens with one attached hydrogen (secondary N) is 1. The molecule has 4 rings (SSSR count). The molecule has 3 aromatic carbocycles. The van der Waals surface area contributed by atoms with Crippen molar-refractivity contribution in [2.75, 3.05) is 24.4 Å². The Hall–Kier alpha value is -3.61. The van der Waals surface area contributed by atoms with Crippen molar-refractivity contribution >= 4 is 28.7 Å². The van der Waals surface area contributed by atoms with Crippen LogP contribution in [0.1, 0.15) is 47.5 Å². The molecule has 0 bridgehead atoms. The van der Waals surface area contributed by atoms with E-state index in [1.54, 1.807) is 12.1 Å². The lowest BCUT2D eigenvalue weighted by Crippen LogP contribution is -2.23. The zero-order chi connectivity index (χ0) is 24.3. The van der Waals surface area contributed by atoms with Crippen LogP contribution < -0.4 is 15.0 Å². The molecular formula is C27H28F2N2O3. The largest absolute Gasteiger partial charge is 0.497 e. The van der Waals surface area contributed by atoms with Crippen molar-refractivity contribution in [3.63, 3.8) is 0 Å². The lowest BCUT2D eigenvalue weighted by molar-refractivity contribution is -0.0382. The highest BCUT2D eigenvalue weighted by Crippen LogP contribution is 2.41. The Bertz CT molecular complexity index is 1140. The number of aromatic carboxylic acids is 1. The summed E-state index contributed by atoms with van der Waals surface area (Å²) in [5.41, 5.74) is 4.43. The minimum Gasteiger partial charge on any atom is -0.497 e. The van der Waals surface area contributed by atoms with E-state index >= 15 is 0 Å². The SMILES string of the molecule is COc1ccc(Nc2ccc(N(C)c3ccc(C4CCC(F)(F)CC4)cc3)cc2)c(C(=O)O)c1. The van der Waals surface area contributed by atoms with Crippen LogP contribution in [0, 0.1) is 0 Å². The number of hydrogen-bond acceptors (Lipinski definition) is 4. The molecule has 5 nitrogen and oxygen atoms in total.